The average Bonchev–Trinajstić information content (AvgIpc) is 3.17. The van der Waals surface area contributed by atoms with E-state index in [4.69, 9.17) is 16.7 Å². The van der Waals surface area contributed by atoms with Crippen LogP contribution in [0.15, 0.2) is 53.6 Å². The van der Waals surface area contributed by atoms with Gasteiger partial charge in [0.05, 0.1) is 34.9 Å². The lowest BCUT2D eigenvalue weighted by molar-refractivity contribution is -0.120. The van der Waals surface area contributed by atoms with Crippen molar-refractivity contribution >= 4 is 34.7 Å². The number of anilines is 3. The molecule has 1 heterocycles. The quantitative estimate of drug-likeness (QED) is 0.206. The minimum atomic E-state index is -0.690. The Balaban J connectivity index is 1.54. The van der Waals surface area contributed by atoms with Gasteiger partial charge in [-0.1, -0.05) is 96.3 Å². The number of rotatable bonds is 6. The maximum absolute atomic E-state index is 14.7. The van der Waals surface area contributed by atoms with Gasteiger partial charge in [0.1, 0.15) is 0 Å². The zero-order chi connectivity index (χ0) is 30.3. The number of urea groups is 1. The molecule has 232 valence electrons. The molecule has 3 amide bonds. The molecule has 4 N–H and O–H groups in total. The summed E-state index contributed by atoms with van der Waals surface area (Å²) in [5, 5.41) is 8.29. The summed E-state index contributed by atoms with van der Waals surface area (Å²) < 4.78 is 0. The fourth-order valence-corrected chi connectivity index (χ4v) is 6.84. The smallest absolute Gasteiger partial charge is 0.320 e. The second-order valence-corrected chi connectivity index (χ2v) is 13.0. The van der Waals surface area contributed by atoms with Gasteiger partial charge < -0.3 is 5.73 Å². The Kier molecular flexibility index (Phi) is 10.5. The molecule has 2 aliphatic carbocycles. The van der Waals surface area contributed by atoms with Crippen molar-refractivity contribution in [1.82, 2.24) is 5.01 Å². The Morgan fingerprint density at radius 2 is 1.40 bits per heavy atom. The van der Waals surface area contributed by atoms with E-state index >= 15 is 0 Å². The first-order valence-corrected chi connectivity index (χ1v) is 16.6. The molecule has 2 fully saturated rings. The van der Waals surface area contributed by atoms with Gasteiger partial charge >= 0.3 is 6.03 Å². The highest BCUT2D eigenvalue weighted by atomic mass is 16.2. The lowest BCUT2D eigenvalue weighted by atomic mass is 9.83. The van der Waals surface area contributed by atoms with Gasteiger partial charge in [-0.2, -0.15) is 5.10 Å². The second kappa shape index (κ2) is 14.5. The summed E-state index contributed by atoms with van der Waals surface area (Å²) in [5.74, 6) is 6.17. The molecule has 8 heteroatoms. The van der Waals surface area contributed by atoms with Crippen LogP contribution >= 0.6 is 0 Å². The summed E-state index contributed by atoms with van der Waals surface area (Å²) in [5.41, 5.74) is 10.3. The first kappa shape index (κ1) is 31.2. The molecule has 0 spiro atoms. The molecule has 5 rings (SSSR count). The van der Waals surface area contributed by atoms with Crippen LogP contribution in [0.1, 0.15) is 109 Å². The number of fused-ring (bicyclic) bond motifs is 1. The second-order valence-electron chi connectivity index (χ2n) is 13.0. The minimum absolute atomic E-state index is 0.0321. The molecule has 2 aromatic rings. The summed E-state index contributed by atoms with van der Waals surface area (Å²) in [7, 11) is 0. The van der Waals surface area contributed by atoms with Crippen LogP contribution in [-0.4, -0.2) is 34.7 Å². The molecule has 2 aromatic carbocycles. The van der Waals surface area contributed by atoms with E-state index < -0.39 is 6.04 Å². The van der Waals surface area contributed by atoms with Crippen LogP contribution in [0.25, 0.3) is 0 Å². The molecule has 43 heavy (non-hydrogen) atoms. The lowest BCUT2D eigenvalue weighted by Crippen LogP contribution is -2.50. The van der Waals surface area contributed by atoms with Gasteiger partial charge in [0.2, 0.25) is 0 Å². The van der Waals surface area contributed by atoms with Crippen LogP contribution in [0.4, 0.5) is 21.9 Å². The van der Waals surface area contributed by atoms with Gasteiger partial charge in [0.15, 0.2) is 0 Å². The number of nitrogens with two attached hydrogens (primary N) is 2. The topological polar surface area (TPSA) is 108 Å². The van der Waals surface area contributed by atoms with E-state index in [1.54, 1.807) is 12.1 Å². The fourth-order valence-electron chi connectivity index (χ4n) is 6.84. The molecule has 1 aliphatic heterocycles. The van der Waals surface area contributed by atoms with Crippen molar-refractivity contribution in [2.75, 3.05) is 9.91 Å². The number of hydrogen-bond acceptors (Lipinski definition) is 5. The monoisotopic (exact) mass is 586 g/mol. The van der Waals surface area contributed by atoms with Crippen molar-refractivity contribution in [3.8, 4) is 0 Å². The molecule has 0 bridgehead atoms. The summed E-state index contributed by atoms with van der Waals surface area (Å²) in [6.45, 7) is 3.80. The first-order chi connectivity index (χ1) is 20.9. The fraction of sp³-hybridized carbons (Fsp3) is 0.571. The predicted molar refractivity (Wildman–Crippen MR) is 175 cm³/mol. The third-order valence-corrected chi connectivity index (χ3v) is 9.56. The standard InChI is InChI=1S/C35H50N6O2/c1-25(2)32(36)34(42)40(37)28-23-21-27(22-24-28)39-31-20-14-13-19-30(31)33(26-15-9-8-10-16-26)38-41(35(39)43)29-17-11-6-4-3-5-7-12-18-29/h13-14,19-26,29,32H,3-12,15-18,36-37H2,1-2H3/t32-/m0/s1. The summed E-state index contributed by atoms with van der Waals surface area (Å²) in [4.78, 5) is 29.4. The summed E-state index contributed by atoms with van der Waals surface area (Å²) in [6, 6.07) is 14.8. The number of benzene rings is 2. The highest BCUT2D eigenvalue weighted by molar-refractivity contribution is 6.14. The maximum atomic E-state index is 14.7. The SMILES string of the molecule is CC(C)[C@H](N)C(=O)N(N)c1ccc(N2C(=O)N(C3CCCCCCCCC3)N=C(C3CCCCC3)c3ccccc32)cc1. The van der Waals surface area contributed by atoms with Crippen molar-refractivity contribution < 1.29 is 9.59 Å². The number of hydrazine groups is 1. The van der Waals surface area contributed by atoms with Gasteiger partial charge in [-0.25, -0.2) is 20.7 Å². The molecular weight excluding hydrogens is 536 g/mol. The van der Waals surface area contributed by atoms with Crippen molar-refractivity contribution in [3.05, 3.63) is 54.1 Å². The Morgan fingerprint density at radius 1 is 0.837 bits per heavy atom. The minimum Gasteiger partial charge on any atom is -0.320 e. The Bertz CT molecular complexity index is 1260. The van der Waals surface area contributed by atoms with Crippen molar-refractivity contribution in [2.45, 2.75) is 116 Å². The number of carbonyl (C=O) groups excluding carboxylic acids is 2. The zero-order valence-corrected chi connectivity index (χ0v) is 26.1. The van der Waals surface area contributed by atoms with Crippen LogP contribution in [0.3, 0.4) is 0 Å². The maximum Gasteiger partial charge on any atom is 0.349 e. The molecule has 1 atom stereocenters. The molecule has 0 aromatic heterocycles. The third-order valence-electron chi connectivity index (χ3n) is 9.56. The number of hydrogen-bond donors (Lipinski definition) is 2. The highest BCUT2D eigenvalue weighted by Gasteiger charge is 2.37. The van der Waals surface area contributed by atoms with E-state index in [0.29, 0.717) is 11.6 Å². The molecule has 0 saturated heterocycles. The highest BCUT2D eigenvalue weighted by Crippen LogP contribution is 2.39. The van der Waals surface area contributed by atoms with Crippen molar-refractivity contribution in [2.24, 2.45) is 28.5 Å². The van der Waals surface area contributed by atoms with Crippen LogP contribution < -0.4 is 21.5 Å². The van der Waals surface area contributed by atoms with E-state index in [0.717, 1.165) is 66.2 Å². The van der Waals surface area contributed by atoms with Crippen molar-refractivity contribution in [1.29, 1.82) is 0 Å². The number of nitrogens with zero attached hydrogens (tertiary/aromatic N) is 4. The number of amides is 3. The Hall–Kier alpha value is -3.23. The molecule has 0 unspecified atom stereocenters. The molecular formula is C35H50N6O2. The van der Waals surface area contributed by atoms with E-state index in [1.165, 1.54) is 51.4 Å². The predicted octanol–water partition coefficient (Wildman–Crippen LogP) is 7.63. The van der Waals surface area contributed by atoms with E-state index in [-0.39, 0.29) is 23.9 Å². The Labute approximate surface area is 257 Å². The van der Waals surface area contributed by atoms with Crippen LogP contribution in [0.5, 0.6) is 0 Å². The molecule has 0 radical (unpaired) electrons. The van der Waals surface area contributed by atoms with Crippen molar-refractivity contribution in [3.63, 3.8) is 0 Å². The van der Waals surface area contributed by atoms with E-state index in [1.807, 2.05) is 48.0 Å². The normalized spacial score (nSPS) is 20.3. The lowest BCUT2D eigenvalue weighted by Gasteiger charge is -2.32. The first-order valence-electron chi connectivity index (χ1n) is 16.6. The van der Waals surface area contributed by atoms with Gasteiger partial charge in [-0.15, -0.1) is 0 Å². The number of hydrazone groups is 1. The number of carbonyl (C=O) groups is 2. The summed E-state index contributed by atoms with van der Waals surface area (Å²) >= 11 is 0. The van der Waals surface area contributed by atoms with Crippen LogP contribution in [0.2, 0.25) is 0 Å². The number of para-hydroxylation sites is 1. The third kappa shape index (κ3) is 7.13. The van der Waals surface area contributed by atoms with E-state index in [2.05, 4.69) is 12.1 Å². The van der Waals surface area contributed by atoms with Crippen LogP contribution in [0, 0.1) is 11.8 Å². The van der Waals surface area contributed by atoms with E-state index in [9.17, 15) is 9.59 Å². The Morgan fingerprint density at radius 3 is 2.02 bits per heavy atom. The summed E-state index contributed by atoms with van der Waals surface area (Å²) in [6.07, 6.45) is 16.3. The zero-order valence-electron chi connectivity index (χ0n) is 26.1. The average molecular weight is 587 g/mol. The van der Waals surface area contributed by atoms with Gasteiger partial charge in [0, 0.05) is 11.5 Å². The van der Waals surface area contributed by atoms with Gasteiger partial charge in [-0.05, 0) is 61.9 Å². The van der Waals surface area contributed by atoms with Crippen LogP contribution in [-0.2, 0) is 4.79 Å². The molecule has 2 saturated carbocycles. The molecule has 8 nitrogen and oxygen atoms in total. The van der Waals surface area contributed by atoms with Gasteiger partial charge in [0.25, 0.3) is 5.91 Å². The van der Waals surface area contributed by atoms with Gasteiger partial charge in [-0.3, -0.25) is 9.69 Å². The molecule has 3 aliphatic rings. The largest absolute Gasteiger partial charge is 0.349 e.